The van der Waals surface area contributed by atoms with Gasteiger partial charge in [0.15, 0.2) is 0 Å². The molecule has 2 heteroatoms. The molecule has 116 valence electrons. The molecular weight excluding hydrogens is 298 g/mol. The Kier molecular flexibility index (Phi) is 12.5. The maximum Gasteiger partial charge on any atom is 0.0100 e. The first-order valence-corrected chi connectivity index (χ1v) is 9.58. The average Bonchev–Trinajstić information content (AvgIpc) is 2.42. The zero-order valence-electron chi connectivity index (χ0n) is 13.8. The molecule has 0 aliphatic carbocycles. The fourth-order valence-electron chi connectivity index (χ4n) is 3.03. The van der Waals surface area contributed by atoms with Gasteiger partial charge in [0.1, 0.15) is 0 Å². The molecule has 0 amide bonds. The van der Waals surface area contributed by atoms with Crippen molar-refractivity contribution < 1.29 is 0 Å². The van der Waals surface area contributed by atoms with Crippen LogP contribution < -0.4 is 0 Å². The highest BCUT2D eigenvalue weighted by Gasteiger charge is 2.29. The fraction of sp³-hybridized carbons (Fsp3) is 1.00. The van der Waals surface area contributed by atoms with Gasteiger partial charge in [-0.05, 0) is 44.2 Å². The van der Waals surface area contributed by atoms with E-state index >= 15 is 0 Å². The Hall–Kier alpha value is 0.440. The van der Waals surface area contributed by atoms with Crippen molar-refractivity contribution in [1.82, 2.24) is 4.90 Å². The van der Waals surface area contributed by atoms with Crippen LogP contribution in [0.2, 0.25) is 0 Å². The van der Waals surface area contributed by atoms with Gasteiger partial charge >= 0.3 is 0 Å². The molecule has 0 N–H and O–H groups in total. The predicted molar refractivity (Wildman–Crippen MR) is 92.3 cm³/mol. The van der Waals surface area contributed by atoms with Gasteiger partial charge in [0.2, 0.25) is 0 Å². The molecule has 0 atom stereocenters. The predicted octanol–water partition coefficient (Wildman–Crippen LogP) is 5.87. The van der Waals surface area contributed by atoms with Gasteiger partial charge in [-0.25, -0.2) is 0 Å². The summed E-state index contributed by atoms with van der Waals surface area (Å²) in [6.45, 7) is 13.1. The fourth-order valence-corrected chi connectivity index (χ4v) is 3.77. The second-order valence-electron chi connectivity index (χ2n) is 6.12. The first-order valence-electron chi connectivity index (χ1n) is 8.46. The van der Waals surface area contributed by atoms with Crippen LogP contribution in [0.3, 0.4) is 0 Å². The molecule has 1 nitrogen and oxygen atoms in total. The van der Waals surface area contributed by atoms with E-state index in [9.17, 15) is 0 Å². The van der Waals surface area contributed by atoms with Crippen LogP contribution >= 0.6 is 15.9 Å². The normalized spacial score (nSPS) is 12.3. The van der Waals surface area contributed by atoms with Crippen LogP contribution in [0.15, 0.2) is 0 Å². The summed E-state index contributed by atoms with van der Waals surface area (Å²) in [6, 6.07) is 0. The molecule has 0 saturated heterocycles. The second-order valence-corrected chi connectivity index (χ2v) is 6.68. The molecule has 0 fully saturated rings. The summed E-state index contributed by atoms with van der Waals surface area (Å²) in [7, 11) is 0. The van der Waals surface area contributed by atoms with E-state index in [0.29, 0.717) is 5.41 Å². The maximum absolute atomic E-state index is 3.81. The standard InChI is InChI=1S/C17H36BrN/c1-5-9-13-19(14-10-6-2)16-17(15-18,11-7-3)12-8-4/h5-16H2,1-4H3. The zero-order valence-corrected chi connectivity index (χ0v) is 15.4. The highest BCUT2D eigenvalue weighted by Crippen LogP contribution is 2.33. The number of hydrogen-bond acceptors (Lipinski definition) is 1. The molecule has 0 aliphatic rings. The van der Waals surface area contributed by atoms with Crippen molar-refractivity contribution in [3.8, 4) is 0 Å². The Morgan fingerprint density at radius 3 is 1.58 bits per heavy atom. The summed E-state index contributed by atoms with van der Waals surface area (Å²) >= 11 is 3.81. The average molecular weight is 334 g/mol. The Morgan fingerprint density at radius 1 is 0.789 bits per heavy atom. The van der Waals surface area contributed by atoms with Crippen molar-refractivity contribution in [2.45, 2.75) is 79.1 Å². The van der Waals surface area contributed by atoms with Crippen LogP contribution in [0.5, 0.6) is 0 Å². The van der Waals surface area contributed by atoms with Crippen molar-refractivity contribution in [3.63, 3.8) is 0 Å². The van der Waals surface area contributed by atoms with Crippen molar-refractivity contribution >= 4 is 15.9 Å². The lowest BCUT2D eigenvalue weighted by molar-refractivity contribution is 0.144. The number of unbranched alkanes of at least 4 members (excludes halogenated alkanes) is 2. The van der Waals surface area contributed by atoms with E-state index in [4.69, 9.17) is 0 Å². The molecule has 0 aromatic carbocycles. The lowest BCUT2D eigenvalue weighted by Crippen LogP contribution is -2.40. The molecule has 0 spiro atoms. The van der Waals surface area contributed by atoms with Gasteiger partial charge in [-0.1, -0.05) is 69.3 Å². The molecule has 0 aliphatic heterocycles. The number of nitrogens with zero attached hydrogens (tertiary/aromatic N) is 1. The topological polar surface area (TPSA) is 3.24 Å². The van der Waals surface area contributed by atoms with E-state index < -0.39 is 0 Å². The summed E-state index contributed by atoms with van der Waals surface area (Å²) in [4.78, 5) is 2.74. The molecule has 19 heavy (non-hydrogen) atoms. The number of halogens is 1. The molecule has 0 bridgehead atoms. The largest absolute Gasteiger partial charge is 0.303 e. The van der Waals surface area contributed by atoms with E-state index in [2.05, 4.69) is 48.5 Å². The third kappa shape index (κ3) is 8.34. The third-order valence-corrected chi connectivity index (χ3v) is 5.25. The lowest BCUT2D eigenvalue weighted by Gasteiger charge is -2.37. The SMILES string of the molecule is CCCCN(CCCC)CC(CBr)(CCC)CCC. The Morgan fingerprint density at radius 2 is 1.26 bits per heavy atom. The first kappa shape index (κ1) is 19.4. The van der Waals surface area contributed by atoms with Gasteiger partial charge in [0.25, 0.3) is 0 Å². The number of alkyl halides is 1. The summed E-state index contributed by atoms with van der Waals surface area (Å²) in [6.07, 6.45) is 10.7. The molecule has 0 aromatic heterocycles. The van der Waals surface area contributed by atoms with Crippen molar-refractivity contribution in [3.05, 3.63) is 0 Å². The summed E-state index contributed by atoms with van der Waals surface area (Å²) in [5.41, 5.74) is 0.505. The minimum atomic E-state index is 0.505. The van der Waals surface area contributed by atoms with Gasteiger partial charge in [-0.2, -0.15) is 0 Å². The van der Waals surface area contributed by atoms with Gasteiger partial charge in [-0.15, -0.1) is 0 Å². The summed E-state index contributed by atoms with van der Waals surface area (Å²) in [5, 5.41) is 1.16. The smallest absolute Gasteiger partial charge is 0.0100 e. The molecule has 0 unspecified atom stereocenters. The van der Waals surface area contributed by atoms with Gasteiger partial charge in [0.05, 0.1) is 0 Å². The monoisotopic (exact) mass is 333 g/mol. The highest BCUT2D eigenvalue weighted by atomic mass is 79.9. The quantitative estimate of drug-likeness (QED) is 0.381. The van der Waals surface area contributed by atoms with Crippen LogP contribution in [0, 0.1) is 5.41 Å². The second kappa shape index (κ2) is 12.2. The van der Waals surface area contributed by atoms with E-state index in [0.717, 1.165) is 5.33 Å². The lowest BCUT2D eigenvalue weighted by atomic mass is 9.80. The summed E-state index contributed by atoms with van der Waals surface area (Å²) in [5.74, 6) is 0. The van der Waals surface area contributed by atoms with Crippen molar-refractivity contribution in [1.29, 1.82) is 0 Å². The van der Waals surface area contributed by atoms with Crippen LogP contribution in [-0.2, 0) is 0 Å². The third-order valence-electron chi connectivity index (χ3n) is 4.06. The molecule has 0 heterocycles. The minimum absolute atomic E-state index is 0.505. The van der Waals surface area contributed by atoms with E-state index in [-0.39, 0.29) is 0 Å². The maximum atomic E-state index is 3.81. The van der Waals surface area contributed by atoms with E-state index in [1.807, 2.05) is 0 Å². The van der Waals surface area contributed by atoms with E-state index in [1.165, 1.54) is 71.0 Å². The molecule has 0 rings (SSSR count). The van der Waals surface area contributed by atoms with Crippen molar-refractivity contribution in [2.75, 3.05) is 25.0 Å². The van der Waals surface area contributed by atoms with E-state index in [1.54, 1.807) is 0 Å². The van der Waals surface area contributed by atoms with Crippen LogP contribution in [0.1, 0.15) is 79.1 Å². The van der Waals surface area contributed by atoms with Crippen LogP contribution in [0.4, 0.5) is 0 Å². The number of rotatable bonds is 13. The van der Waals surface area contributed by atoms with Crippen LogP contribution in [0.25, 0.3) is 0 Å². The van der Waals surface area contributed by atoms with Gasteiger partial charge in [0, 0.05) is 11.9 Å². The van der Waals surface area contributed by atoms with Gasteiger partial charge in [-0.3, -0.25) is 0 Å². The Bertz CT molecular complexity index is 180. The highest BCUT2D eigenvalue weighted by molar-refractivity contribution is 9.09. The first-order chi connectivity index (χ1) is 9.17. The Labute approximate surface area is 130 Å². The zero-order chi connectivity index (χ0) is 14.6. The minimum Gasteiger partial charge on any atom is -0.303 e. The molecule has 0 saturated carbocycles. The number of hydrogen-bond donors (Lipinski definition) is 0. The van der Waals surface area contributed by atoms with Crippen molar-refractivity contribution in [2.24, 2.45) is 5.41 Å². The Balaban J connectivity index is 4.58. The summed E-state index contributed by atoms with van der Waals surface area (Å²) < 4.78 is 0. The van der Waals surface area contributed by atoms with Crippen LogP contribution in [-0.4, -0.2) is 29.9 Å². The van der Waals surface area contributed by atoms with Gasteiger partial charge < -0.3 is 4.90 Å². The molecular formula is C17H36BrN. The molecule has 0 aromatic rings. The molecule has 0 radical (unpaired) electrons.